The van der Waals surface area contributed by atoms with Gasteiger partial charge in [0.25, 0.3) is 0 Å². The van der Waals surface area contributed by atoms with Crippen molar-refractivity contribution in [3.05, 3.63) is 0 Å². The molecule has 0 heterocycles. The van der Waals surface area contributed by atoms with Gasteiger partial charge in [-0.25, -0.2) is 0 Å². The Balaban J connectivity index is 4.39. The molecule has 0 rings (SSSR count). The predicted octanol–water partition coefficient (Wildman–Crippen LogP) is 2.23. The number of nitrogens with zero attached hydrogens (tertiary/aromatic N) is 3. The van der Waals surface area contributed by atoms with E-state index >= 15 is 0 Å². The lowest BCUT2D eigenvalue weighted by atomic mass is 9.90. The van der Waals surface area contributed by atoms with Crippen molar-refractivity contribution in [2.45, 2.75) is 64.0 Å². The van der Waals surface area contributed by atoms with E-state index in [1.165, 1.54) is 0 Å². The fourth-order valence-electron chi connectivity index (χ4n) is 2.26. The van der Waals surface area contributed by atoms with Gasteiger partial charge in [0.15, 0.2) is 0 Å². The molecular formula is C19H39N3O3. The van der Waals surface area contributed by atoms with Gasteiger partial charge in [-0.3, -0.25) is 9.59 Å². The van der Waals surface area contributed by atoms with Crippen LogP contribution in [0, 0.1) is 0 Å². The molecule has 6 heteroatoms. The first-order chi connectivity index (χ1) is 11.3. The molecule has 0 aromatic rings. The van der Waals surface area contributed by atoms with Crippen LogP contribution in [-0.2, 0) is 14.3 Å². The van der Waals surface area contributed by atoms with Crippen molar-refractivity contribution in [2.75, 3.05) is 48.9 Å². The van der Waals surface area contributed by atoms with Crippen LogP contribution < -0.4 is 0 Å². The summed E-state index contributed by atoms with van der Waals surface area (Å²) >= 11 is 0. The maximum absolute atomic E-state index is 12.0. The van der Waals surface area contributed by atoms with Gasteiger partial charge in [0.05, 0.1) is 6.61 Å². The molecule has 1 amide bonds. The van der Waals surface area contributed by atoms with Gasteiger partial charge in [0.1, 0.15) is 0 Å². The Labute approximate surface area is 154 Å². The average molecular weight is 358 g/mol. The highest BCUT2D eigenvalue weighted by Gasteiger charge is 2.28. The second kappa shape index (κ2) is 10.1. The highest BCUT2D eigenvalue weighted by molar-refractivity contribution is 5.75. The summed E-state index contributed by atoms with van der Waals surface area (Å²) in [5, 5.41) is 0. The molecule has 0 aromatic heterocycles. The number of esters is 1. The van der Waals surface area contributed by atoms with Crippen molar-refractivity contribution < 1.29 is 14.3 Å². The van der Waals surface area contributed by atoms with Crippen LogP contribution in [0.1, 0.15) is 52.9 Å². The Morgan fingerprint density at radius 2 is 1.36 bits per heavy atom. The second-order valence-electron chi connectivity index (χ2n) is 8.36. The minimum absolute atomic E-state index is 0.0241. The van der Waals surface area contributed by atoms with Crippen LogP contribution in [0.15, 0.2) is 0 Å². The molecule has 0 N–H and O–H groups in total. The molecule has 1 atom stereocenters. The first-order valence-corrected chi connectivity index (χ1v) is 9.02. The number of carbonyl (C=O) groups excluding carboxylic acids is 2. The van der Waals surface area contributed by atoms with E-state index in [4.69, 9.17) is 4.74 Å². The van der Waals surface area contributed by atoms with Crippen LogP contribution in [0.4, 0.5) is 0 Å². The lowest BCUT2D eigenvalue weighted by molar-refractivity contribution is -0.145. The molecule has 148 valence electrons. The minimum Gasteiger partial charge on any atom is -0.466 e. The van der Waals surface area contributed by atoms with E-state index in [1.54, 1.807) is 19.0 Å². The average Bonchev–Trinajstić information content (AvgIpc) is 2.50. The third-order valence-corrected chi connectivity index (χ3v) is 5.51. The van der Waals surface area contributed by atoms with Crippen LogP contribution in [0.5, 0.6) is 0 Å². The van der Waals surface area contributed by atoms with Crippen molar-refractivity contribution in [2.24, 2.45) is 0 Å². The molecule has 0 radical (unpaired) electrons. The van der Waals surface area contributed by atoms with Crippen LogP contribution in [0.3, 0.4) is 0 Å². The summed E-state index contributed by atoms with van der Waals surface area (Å²) < 4.78 is 5.44. The Bertz CT molecular complexity index is 434. The first-order valence-electron chi connectivity index (χ1n) is 9.02. The largest absolute Gasteiger partial charge is 0.466 e. The van der Waals surface area contributed by atoms with Gasteiger partial charge in [-0.1, -0.05) is 0 Å². The van der Waals surface area contributed by atoms with E-state index in [0.29, 0.717) is 25.9 Å². The molecule has 0 fully saturated rings. The van der Waals surface area contributed by atoms with E-state index in [9.17, 15) is 9.59 Å². The van der Waals surface area contributed by atoms with Crippen LogP contribution >= 0.6 is 0 Å². The van der Waals surface area contributed by atoms with Crippen molar-refractivity contribution in [1.29, 1.82) is 0 Å². The van der Waals surface area contributed by atoms with Gasteiger partial charge < -0.3 is 19.4 Å². The number of amides is 1. The molecule has 1 unspecified atom stereocenters. The van der Waals surface area contributed by atoms with Crippen molar-refractivity contribution in [1.82, 2.24) is 14.7 Å². The summed E-state index contributed by atoms with van der Waals surface area (Å²) in [5.41, 5.74) is -0.196. The monoisotopic (exact) mass is 357 g/mol. The van der Waals surface area contributed by atoms with E-state index in [1.807, 2.05) is 28.2 Å². The summed E-state index contributed by atoms with van der Waals surface area (Å²) in [5.74, 6) is -0.0311. The summed E-state index contributed by atoms with van der Waals surface area (Å²) in [6, 6.07) is 0. The zero-order valence-corrected chi connectivity index (χ0v) is 17.8. The van der Waals surface area contributed by atoms with Crippen LogP contribution in [0.2, 0.25) is 0 Å². The molecule has 6 nitrogen and oxygen atoms in total. The maximum Gasteiger partial charge on any atom is 0.305 e. The van der Waals surface area contributed by atoms with Crippen LogP contribution in [-0.4, -0.2) is 86.5 Å². The highest BCUT2D eigenvalue weighted by Crippen LogP contribution is 2.24. The Morgan fingerprint density at radius 1 is 0.800 bits per heavy atom. The SMILES string of the molecule is CN(C)C(=O)CCC(C)(CCOC(=O)CCC(C)(C)N(C)C)N(C)C. The Hall–Kier alpha value is -1.14. The summed E-state index contributed by atoms with van der Waals surface area (Å²) in [6.45, 7) is 6.72. The second-order valence-corrected chi connectivity index (χ2v) is 8.36. The molecule has 0 aliphatic heterocycles. The van der Waals surface area contributed by atoms with Gasteiger partial charge in [0, 0.05) is 38.0 Å². The number of hydrogen-bond donors (Lipinski definition) is 0. The summed E-state index contributed by atoms with van der Waals surface area (Å²) in [4.78, 5) is 29.7. The number of carbonyl (C=O) groups is 2. The maximum atomic E-state index is 12.0. The summed E-state index contributed by atoms with van der Waals surface area (Å²) in [7, 11) is 11.6. The highest BCUT2D eigenvalue weighted by atomic mass is 16.5. The smallest absolute Gasteiger partial charge is 0.305 e. The van der Waals surface area contributed by atoms with E-state index in [2.05, 4.69) is 30.6 Å². The minimum atomic E-state index is -0.172. The quantitative estimate of drug-likeness (QED) is 0.531. The zero-order valence-electron chi connectivity index (χ0n) is 17.8. The van der Waals surface area contributed by atoms with Gasteiger partial charge in [-0.05, 0) is 68.2 Å². The normalized spacial score (nSPS) is 14.5. The van der Waals surface area contributed by atoms with E-state index in [-0.39, 0.29) is 23.0 Å². The van der Waals surface area contributed by atoms with E-state index in [0.717, 1.165) is 12.8 Å². The lowest BCUT2D eigenvalue weighted by Gasteiger charge is -2.36. The third kappa shape index (κ3) is 8.68. The fourth-order valence-corrected chi connectivity index (χ4v) is 2.26. The number of hydrogen-bond acceptors (Lipinski definition) is 5. The molecule has 0 aliphatic carbocycles. The third-order valence-electron chi connectivity index (χ3n) is 5.51. The predicted molar refractivity (Wildman–Crippen MR) is 103 cm³/mol. The Morgan fingerprint density at radius 3 is 1.80 bits per heavy atom. The molecule has 0 bridgehead atoms. The van der Waals surface area contributed by atoms with Crippen molar-refractivity contribution in [3.63, 3.8) is 0 Å². The molecule has 25 heavy (non-hydrogen) atoms. The molecule has 0 spiro atoms. The van der Waals surface area contributed by atoms with Gasteiger partial charge >= 0.3 is 5.97 Å². The fraction of sp³-hybridized carbons (Fsp3) is 0.895. The molecule has 0 aromatic carbocycles. The number of ether oxygens (including phenoxy) is 1. The van der Waals surface area contributed by atoms with Gasteiger partial charge in [-0.2, -0.15) is 0 Å². The standard InChI is InChI=1S/C19H39N3O3/c1-18(2,21(6)7)12-11-17(24)25-15-14-19(3,22(8)9)13-10-16(23)20(4)5/h10-15H2,1-9H3. The molecule has 0 saturated heterocycles. The van der Waals surface area contributed by atoms with Gasteiger partial charge in [0.2, 0.25) is 5.91 Å². The zero-order chi connectivity index (χ0) is 19.8. The molecule has 0 saturated carbocycles. The lowest BCUT2D eigenvalue weighted by Crippen LogP contribution is -2.43. The topological polar surface area (TPSA) is 53.1 Å². The number of rotatable bonds is 11. The van der Waals surface area contributed by atoms with Gasteiger partial charge in [-0.15, -0.1) is 0 Å². The first kappa shape index (κ1) is 23.9. The molecular weight excluding hydrogens is 318 g/mol. The van der Waals surface area contributed by atoms with E-state index < -0.39 is 0 Å². The summed E-state index contributed by atoms with van der Waals surface area (Å²) in [6.07, 6.45) is 3.13. The molecule has 0 aliphatic rings. The Kier molecular flexibility index (Phi) is 9.66. The van der Waals surface area contributed by atoms with Crippen molar-refractivity contribution in [3.8, 4) is 0 Å². The van der Waals surface area contributed by atoms with Crippen molar-refractivity contribution >= 4 is 11.9 Å². The van der Waals surface area contributed by atoms with Crippen LogP contribution in [0.25, 0.3) is 0 Å².